The van der Waals surface area contributed by atoms with E-state index < -0.39 is 30.0 Å². The molecule has 0 aliphatic carbocycles. The van der Waals surface area contributed by atoms with E-state index in [4.69, 9.17) is 11.6 Å². The molecule has 0 aromatic carbocycles. The van der Waals surface area contributed by atoms with Crippen molar-refractivity contribution < 1.29 is 35.5 Å². The second kappa shape index (κ2) is 4.73. The lowest BCUT2D eigenvalue weighted by Crippen LogP contribution is -2.55. The Balaban J connectivity index is 4.95. The zero-order valence-corrected chi connectivity index (χ0v) is 7.92. The highest BCUT2D eigenvalue weighted by molar-refractivity contribution is 6.20. The molecule has 0 spiro atoms. The molecule has 0 fully saturated rings. The Kier molecular flexibility index (Phi) is 4.66. The van der Waals surface area contributed by atoms with Gasteiger partial charge in [-0.2, -0.15) is 17.6 Å². The largest absolute Gasteiger partial charge is 0.372 e. The Bertz CT molecular complexity index is 210. The summed E-state index contributed by atoms with van der Waals surface area (Å²) in [6.45, 7) is 0. The number of methoxy groups -OCH3 is 1. The van der Waals surface area contributed by atoms with Gasteiger partial charge in [0.05, 0.1) is 0 Å². The molecular formula is C6H6ClF7O. The van der Waals surface area contributed by atoms with Crippen LogP contribution in [0.4, 0.5) is 30.7 Å². The highest BCUT2D eigenvalue weighted by Crippen LogP contribution is 2.44. The smallest absolute Gasteiger partial charge is 0.362 e. The fraction of sp³-hybridized carbons (Fsp3) is 1.00. The number of ether oxygens (including phenoxy) is 1. The summed E-state index contributed by atoms with van der Waals surface area (Å²) in [6, 6.07) is 0. The van der Waals surface area contributed by atoms with Crippen LogP contribution in [0, 0.1) is 0 Å². The Labute approximate surface area is 85.1 Å². The SMILES string of the molecule is COC(Cl)C(F)C(F)(F)C(F)(F)C(F)F. The molecule has 0 amide bonds. The number of rotatable bonds is 5. The van der Waals surface area contributed by atoms with Crippen LogP contribution in [0.2, 0.25) is 0 Å². The Morgan fingerprint density at radius 2 is 1.40 bits per heavy atom. The van der Waals surface area contributed by atoms with Gasteiger partial charge in [-0.25, -0.2) is 13.2 Å². The van der Waals surface area contributed by atoms with Gasteiger partial charge in [0.1, 0.15) is 0 Å². The van der Waals surface area contributed by atoms with Crippen molar-refractivity contribution in [1.29, 1.82) is 0 Å². The van der Waals surface area contributed by atoms with Gasteiger partial charge in [-0.1, -0.05) is 11.6 Å². The highest BCUT2D eigenvalue weighted by Gasteiger charge is 2.68. The van der Waals surface area contributed by atoms with Crippen molar-refractivity contribution >= 4 is 11.6 Å². The van der Waals surface area contributed by atoms with Crippen LogP contribution in [-0.2, 0) is 4.74 Å². The third-order valence-electron chi connectivity index (χ3n) is 1.52. The number of alkyl halides is 8. The number of hydrogen-bond acceptors (Lipinski definition) is 1. The van der Waals surface area contributed by atoms with Crippen LogP contribution in [-0.4, -0.2) is 37.1 Å². The number of hydrogen-bond donors (Lipinski definition) is 0. The molecule has 0 bridgehead atoms. The van der Waals surface area contributed by atoms with E-state index in [-0.39, 0.29) is 0 Å². The monoisotopic (exact) mass is 262 g/mol. The van der Waals surface area contributed by atoms with Crippen LogP contribution in [0.5, 0.6) is 0 Å². The van der Waals surface area contributed by atoms with Crippen molar-refractivity contribution in [2.45, 2.75) is 30.0 Å². The van der Waals surface area contributed by atoms with Gasteiger partial charge in [-0.15, -0.1) is 0 Å². The van der Waals surface area contributed by atoms with Gasteiger partial charge in [0.15, 0.2) is 5.56 Å². The Morgan fingerprint density at radius 1 is 1.00 bits per heavy atom. The predicted molar refractivity (Wildman–Crippen MR) is 37.4 cm³/mol. The zero-order chi connectivity index (χ0) is 12.4. The van der Waals surface area contributed by atoms with Crippen LogP contribution in [0.15, 0.2) is 0 Å². The van der Waals surface area contributed by atoms with Gasteiger partial charge in [-0.3, -0.25) is 0 Å². The molecule has 0 rings (SSSR count). The summed E-state index contributed by atoms with van der Waals surface area (Å²) in [7, 11) is 0.668. The average Bonchev–Trinajstić information content (AvgIpc) is 2.14. The highest BCUT2D eigenvalue weighted by atomic mass is 35.5. The minimum Gasteiger partial charge on any atom is -0.362 e. The van der Waals surface area contributed by atoms with Crippen molar-refractivity contribution in [2.75, 3.05) is 7.11 Å². The maximum atomic E-state index is 12.6. The molecule has 0 heterocycles. The molecule has 0 aliphatic heterocycles. The van der Waals surface area contributed by atoms with Crippen LogP contribution in [0.3, 0.4) is 0 Å². The van der Waals surface area contributed by atoms with Crippen LogP contribution < -0.4 is 0 Å². The molecule has 0 N–H and O–H groups in total. The van der Waals surface area contributed by atoms with Crippen LogP contribution in [0.1, 0.15) is 0 Å². The first kappa shape index (κ1) is 14.8. The zero-order valence-electron chi connectivity index (χ0n) is 7.16. The topological polar surface area (TPSA) is 9.23 Å². The summed E-state index contributed by atoms with van der Waals surface area (Å²) in [5.41, 5.74) is -2.44. The molecular weight excluding hydrogens is 257 g/mol. The van der Waals surface area contributed by atoms with E-state index in [0.29, 0.717) is 7.11 Å². The van der Waals surface area contributed by atoms with Crippen molar-refractivity contribution in [3.05, 3.63) is 0 Å². The molecule has 2 atom stereocenters. The van der Waals surface area contributed by atoms with E-state index in [2.05, 4.69) is 4.74 Å². The fourth-order valence-electron chi connectivity index (χ4n) is 0.613. The van der Waals surface area contributed by atoms with Gasteiger partial charge in [0, 0.05) is 7.11 Å². The summed E-state index contributed by atoms with van der Waals surface area (Å²) in [5, 5.41) is 0. The van der Waals surface area contributed by atoms with Crippen molar-refractivity contribution in [3.8, 4) is 0 Å². The van der Waals surface area contributed by atoms with E-state index in [1.165, 1.54) is 0 Å². The molecule has 92 valence electrons. The van der Waals surface area contributed by atoms with Crippen molar-refractivity contribution in [1.82, 2.24) is 0 Å². The first-order valence-corrected chi connectivity index (χ1v) is 3.87. The van der Waals surface area contributed by atoms with E-state index in [1.54, 1.807) is 0 Å². The second-order valence-electron chi connectivity index (χ2n) is 2.54. The van der Waals surface area contributed by atoms with E-state index >= 15 is 0 Å². The quantitative estimate of drug-likeness (QED) is 0.546. The molecule has 0 aromatic rings. The standard InChI is InChI=1S/C6H6ClF7O/c1-15-3(7)2(8)5(11,12)6(13,14)4(9)10/h2-4H,1H3. The lowest BCUT2D eigenvalue weighted by atomic mass is 10.1. The predicted octanol–water partition coefficient (Wildman–Crippen LogP) is 3.07. The second-order valence-corrected chi connectivity index (χ2v) is 2.97. The molecule has 1 nitrogen and oxygen atoms in total. The van der Waals surface area contributed by atoms with Crippen molar-refractivity contribution in [3.63, 3.8) is 0 Å². The van der Waals surface area contributed by atoms with Gasteiger partial charge in [0.25, 0.3) is 0 Å². The maximum absolute atomic E-state index is 12.6. The van der Waals surface area contributed by atoms with Gasteiger partial charge >= 0.3 is 18.3 Å². The van der Waals surface area contributed by atoms with E-state index in [1.807, 2.05) is 0 Å². The summed E-state index contributed by atoms with van der Waals surface area (Å²) in [4.78, 5) is 0. The van der Waals surface area contributed by atoms with E-state index in [0.717, 1.165) is 0 Å². The molecule has 0 aliphatic rings. The lowest BCUT2D eigenvalue weighted by molar-refractivity contribution is -0.291. The summed E-state index contributed by atoms with van der Waals surface area (Å²) < 4.78 is 89.0. The number of halogens is 8. The van der Waals surface area contributed by atoms with Gasteiger partial charge in [-0.05, 0) is 0 Å². The van der Waals surface area contributed by atoms with Gasteiger partial charge < -0.3 is 4.74 Å². The van der Waals surface area contributed by atoms with Gasteiger partial charge in [0.2, 0.25) is 6.17 Å². The maximum Gasteiger partial charge on any atom is 0.372 e. The summed E-state index contributed by atoms with van der Waals surface area (Å²) in [6.07, 6.45) is -8.44. The third-order valence-corrected chi connectivity index (χ3v) is 1.92. The molecule has 2 unspecified atom stereocenters. The molecule has 9 heteroatoms. The summed E-state index contributed by atoms with van der Waals surface area (Å²) >= 11 is 4.76. The third kappa shape index (κ3) is 2.66. The molecule has 15 heavy (non-hydrogen) atoms. The van der Waals surface area contributed by atoms with E-state index in [9.17, 15) is 30.7 Å². The first-order valence-electron chi connectivity index (χ1n) is 3.43. The molecule has 0 saturated carbocycles. The molecule has 0 saturated heterocycles. The van der Waals surface area contributed by atoms with Crippen LogP contribution >= 0.6 is 11.6 Å². The minimum absolute atomic E-state index is 0.668. The fourth-order valence-corrected chi connectivity index (χ4v) is 0.772. The lowest BCUT2D eigenvalue weighted by Gasteiger charge is -2.29. The summed E-state index contributed by atoms with van der Waals surface area (Å²) in [5.74, 6) is -11.4. The minimum atomic E-state index is -5.81. The molecule has 0 radical (unpaired) electrons. The first-order chi connectivity index (χ1) is 6.59. The normalized spacial score (nSPS) is 18.0. The van der Waals surface area contributed by atoms with Crippen LogP contribution in [0.25, 0.3) is 0 Å². The van der Waals surface area contributed by atoms with Crippen molar-refractivity contribution in [2.24, 2.45) is 0 Å². The Hall–Kier alpha value is -0.240. The average molecular weight is 263 g/mol. The molecule has 0 aromatic heterocycles. The Morgan fingerprint density at radius 3 is 1.67 bits per heavy atom.